The molecule has 1 aliphatic carbocycles. The minimum absolute atomic E-state index is 0.301. The molecule has 1 atom stereocenters. The molecule has 0 saturated heterocycles. The van der Waals surface area contributed by atoms with Crippen molar-refractivity contribution in [2.75, 3.05) is 11.9 Å². The summed E-state index contributed by atoms with van der Waals surface area (Å²) in [7, 11) is 0. The van der Waals surface area contributed by atoms with E-state index < -0.39 is 0 Å². The molecule has 4 heteroatoms. The van der Waals surface area contributed by atoms with E-state index in [2.05, 4.69) is 39.4 Å². The minimum atomic E-state index is 0.301. The molecular weight excluding hydrogens is 350 g/mol. The van der Waals surface area contributed by atoms with E-state index in [9.17, 15) is 0 Å². The molecule has 0 fully saturated rings. The van der Waals surface area contributed by atoms with Crippen LogP contribution in [0.4, 0.5) is 5.69 Å². The lowest BCUT2D eigenvalue weighted by atomic mass is 10.1. The Morgan fingerprint density at radius 2 is 2.19 bits per heavy atom. The first kappa shape index (κ1) is 14.7. The van der Waals surface area contributed by atoms with Crippen LogP contribution in [0.15, 0.2) is 40.9 Å². The number of rotatable bonds is 4. The first-order valence-corrected chi connectivity index (χ1v) is 8.32. The van der Waals surface area contributed by atoms with Gasteiger partial charge in [-0.2, -0.15) is 0 Å². The summed E-state index contributed by atoms with van der Waals surface area (Å²) in [6.45, 7) is 2.63. The van der Waals surface area contributed by atoms with E-state index in [4.69, 9.17) is 16.3 Å². The molecule has 0 radical (unpaired) electrons. The summed E-state index contributed by atoms with van der Waals surface area (Å²) in [6.07, 6.45) is 2.16. The predicted octanol–water partition coefficient (Wildman–Crippen LogP) is 5.60. The molecule has 1 unspecified atom stereocenters. The molecule has 2 aromatic rings. The van der Waals surface area contributed by atoms with Gasteiger partial charge in [0.1, 0.15) is 5.75 Å². The van der Waals surface area contributed by atoms with E-state index in [1.54, 1.807) is 0 Å². The summed E-state index contributed by atoms with van der Waals surface area (Å²) in [5.74, 6) is 0.852. The number of halogens is 2. The minimum Gasteiger partial charge on any atom is -0.492 e. The molecule has 1 aliphatic rings. The summed E-state index contributed by atoms with van der Waals surface area (Å²) < 4.78 is 6.88. The van der Waals surface area contributed by atoms with E-state index in [0.29, 0.717) is 17.7 Å². The fraction of sp³-hybridized carbons (Fsp3) is 0.294. The Labute approximate surface area is 138 Å². The third kappa shape index (κ3) is 3.04. The molecule has 110 valence electrons. The Hall–Kier alpha value is -1.19. The third-order valence-corrected chi connectivity index (χ3v) is 4.76. The van der Waals surface area contributed by atoms with Crippen LogP contribution >= 0.6 is 27.5 Å². The lowest BCUT2D eigenvalue weighted by molar-refractivity contribution is 0.341. The maximum Gasteiger partial charge on any atom is 0.142 e. The average Bonchev–Trinajstić information content (AvgIpc) is 2.87. The second-order valence-electron chi connectivity index (χ2n) is 5.12. The van der Waals surface area contributed by atoms with Crippen molar-refractivity contribution in [1.82, 2.24) is 0 Å². The maximum absolute atomic E-state index is 6.12. The zero-order valence-electron chi connectivity index (χ0n) is 11.8. The van der Waals surface area contributed by atoms with E-state index in [1.165, 1.54) is 15.6 Å². The van der Waals surface area contributed by atoms with Gasteiger partial charge in [0.25, 0.3) is 0 Å². The molecule has 0 amide bonds. The van der Waals surface area contributed by atoms with Crippen LogP contribution in [0.2, 0.25) is 5.02 Å². The van der Waals surface area contributed by atoms with E-state index in [0.717, 1.165) is 24.3 Å². The largest absolute Gasteiger partial charge is 0.492 e. The Morgan fingerprint density at radius 1 is 1.33 bits per heavy atom. The molecule has 0 bridgehead atoms. The van der Waals surface area contributed by atoms with Crippen molar-refractivity contribution in [2.24, 2.45) is 0 Å². The summed E-state index contributed by atoms with van der Waals surface area (Å²) >= 11 is 9.76. The van der Waals surface area contributed by atoms with Gasteiger partial charge in [0.05, 0.1) is 18.3 Å². The van der Waals surface area contributed by atoms with Gasteiger partial charge in [-0.1, -0.05) is 39.7 Å². The fourth-order valence-electron chi connectivity index (χ4n) is 2.84. The van der Waals surface area contributed by atoms with Gasteiger partial charge in [0, 0.05) is 9.50 Å². The normalized spacial score (nSPS) is 16.6. The molecule has 0 aromatic heterocycles. The molecule has 2 aromatic carbocycles. The van der Waals surface area contributed by atoms with Crippen LogP contribution in [0, 0.1) is 0 Å². The zero-order chi connectivity index (χ0) is 14.8. The molecular formula is C17H17BrClNO. The van der Waals surface area contributed by atoms with Crippen LogP contribution in [-0.2, 0) is 6.42 Å². The first-order valence-electron chi connectivity index (χ1n) is 7.15. The lowest BCUT2D eigenvalue weighted by Crippen LogP contribution is -2.08. The van der Waals surface area contributed by atoms with Gasteiger partial charge in [-0.15, -0.1) is 0 Å². The quantitative estimate of drug-likeness (QED) is 0.760. The van der Waals surface area contributed by atoms with Crippen molar-refractivity contribution in [3.63, 3.8) is 0 Å². The summed E-state index contributed by atoms with van der Waals surface area (Å²) in [5, 5.41) is 4.30. The van der Waals surface area contributed by atoms with Crippen molar-refractivity contribution in [3.05, 3.63) is 57.0 Å². The van der Waals surface area contributed by atoms with Gasteiger partial charge < -0.3 is 10.1 Å². The van der Waals surface area contributed by atoms with E-state index in [1.807, 2.05) is 25.1 Å². The summed E-state index contributed by atoms with van der Waals surface area (Å²) in [5.41, 5.74) is 3.71. The number of fused-ring (bicyclic) bond motifs is 1. The second-order valence-corrected chi connectivity index (χ2v) is 6.41. The molecule has 0 saturated carbocycles. The highest BCUT2D eigenvalue weighted by atomic mass is 79.9. The number of anilines is 1. The molecule has 3 rings (SSSR count). The maximum atomic E-state index is 6.12. The monoisotopic (exact) mass is 365 g/mol. The van der Waals surface area contributed by atoms with Crippen LogP contribution in [0.1, 0.15) is 30.5 Å². The molecule has 2 nitrogen and oxygen atoms in total. The topological polar surface area (TPSA) is 21.3 Å². The van der Waals surface area contributed by atoms with Crippen LogP contribution < -0.4 is 10.1 Å². The molecule has 1 N–H and O–H groups in total. The van der Waals surface area contributed by atoms with Crippen LogP contribution in [0.25, 0.3) is 0 Å². The second kappa shape index (κ2) is 6.29. The Bertz CT molecular complexity index is 659. The number of nitrogens with one attached hydrogen (secondary N) is 1. The molecule has 21 heavy (non-hydrogen) atoms. The van der Waals surface area contributed by atoms with E-state index >= 15 is 0 Å². The number of hydrogen-bond acceptors (Lipinski definition) is 2. The Morgan fingerprint density at radius 3 is 3.00 bits per heavy atom. The van der Waals surface area contributed by atoms with Crippen molar-refractivity contribution >= 4 is 33.2 Å². The van der Waals surface area contributed by atoms with Gasteiger partial charge in [0.2, 0.25) is 0 Å². The Kier molecular flexibility index (Phi) is 4.41. The van der Waals surface area contributed by atoms with Crippen molar-refractivity contribution in [1.29, 1.82) is 0 Å². The lowest BCUT2D eigenvalue weighted by Gasteiger charge is -2.19. The summed E-state index contributed by atoms with van der Waals surface area (Å²) in [4.78, 5) is 0. The van der Waals surface area contributed by atoms with Crippen LogP contribution in [0.3, 0.4) is 0 Å². The van der Waals surface area contributed by atoms with Crippen molar-refractivity contribution in [3.8, 4) is 5.75 Å². The third-order valence-electron chi connectivity index (χ3n) is 3.78. The smallest absolute Gasteiger partial charge is 0.142 e. The molecule has 0 spiro atoms. The van der Waals surface area contributed by atoms with Gasteiger partial charge >= 0.3 is 0 Å². The summed E-state index contributed by atoms with van der Waals surface area (Å²) in [6, 6.07) is 12.4. The van der Waals surface area contributed by atoms with Gasteiger partial charge in [-0.3, -0.25) is 0 Å². The zero-order valence-corrected chi connectivity index (χ0v) is 14.2. The standard InChI is InChI=1S/C17H17BrClNO/c1-2-21-17-9-6-11(19)10-16(17)20-15-8-7-12-13(15)4-3-5-14(12)18/h3-6,9-10,15,20H,2,7-8H2,1H3. The van der Waals surface area contributed by atoms with Gasteiger partial charge in [-0.05, 0) is 55.2 Å². The van der Waals surface area contributed by atoms with Gasteiger partial charge in [-0.25, -0.2) is 0 Å². The molecule has 0 heterocycles. The van der Waals surface area contributed by atoms with Crippen molar-refractivity contribution in [2.45, 2.75) is 25.8 Å². The van der Waals surface area contributed by atoms with Crippen molar-refractivity contribution < 1.29 is 4.74 Å². The van der Waals surface area contributed by atoms with Crippen LogP contribution in [-0.4, -0.2) is 6.61 Å². The number of hydrogen-bond donors (Lipinski definition) is 1. The van der Waals surface area contributed by atoms with E-state index in [-0.39, 0.29) is 0 Å². The van der Waals surface area contributed by atoms with Crippen LogP contribution in [0.5, 0.6) is 5.75 Å². The van der Waals surface area contributed by atoms with Gasteiger partial charge in [0.15, 0.2) is 0 Å². The first-order chi connectivity index (χ1) is 10.2. The number of benzene rings is 2. The highest BCUT2D eigenvalue weighted by molar-refractivity contribution is 9.10. The molecule has 0 aliphatic heterocycles. The fourth-order valence-corrected chi connectivity index (χ4v) is 3.60. The predicted molar refractivity (Wildman–Crippen MR) is 91.4 cm³/mol. The number of ether oxygens (including phenoxy) is 1. The highest BCUT2D eigenvalue weighted by Crippen LogP contribution is 2.39. The Balaban J connectivity index is 1.89. The SMILES string of the molecule is CCOc1ccc(Cl)cc1NC1CCc2c(Br)cccc21. The average molecular weight is 367 g/mol. The highest BCUT2D eigenvalue weighted by Gasteiger charge is 2.24.